The van der Waals surface area contributed by atoms with Crippen molar-refractivity contribution < 1.29 is 4.74 Å². The van der Waals surface area contributed by atoms with E-state index in [0.29, 0.717) is 0 Å². The van der Waals surface area contributed by atoms with E-state index in [1.54, 1.807) is 13.3 Å². The first-order chi connectivity index (χ1) is 12.8. The molecule has 0 saturated heterocycles. The fourth-order valence-corrected chi connectivity index (χ4v) is 2.95. The van der Waals surface area contributed by atoms with Gasteiger partial charge in [-0.3, -0.25) is 10.4 Å². The third-order valence-corrected chi connectivity index (χ3v) is 4.37. The largest absolute Gasteiger partial charge is 0.494 e. The predicted molar refractivity (Wildman–Crippen MR) is 110 cm³/mol. The van der Waals surface area contributed by atoms with Crippen molar-refractivity contribution in [1.29, 1.82) is 0 Å². The van der Waals surface area contributed by atoms with Crippen molar-refractivity contribution in [2.75, 3.05) is 30.5 Å². The molecule has 5 nitrogen and oxygen atoms in total. The van der Waals surface area contributed by atoms with Crippen LogP contribution < -0.4 is 15.1 Å². The molecule has 5 heteroatoms. The highest BCUT2D eigenvalue weighted by molar-refractivity contribution is 5.95. The molecule has 0 unspecified atom stereocenters. The Morgan fingerprint density at radius 3 is 2.54 bits per heavy atom. The standard InChI is InChI=1S/C21H24N4O/c1-4-25(5-2)17-11-9-16(10-12-17)15-23-24-19-13-14-22-21-18(19)7-6-8-20(21)26-3/h6-15H,4-5H2,1-3H3,(H,22,24)/b23-15+. The number of aromatic nitrogens is 1. The number of methoxy groups -OCH3 is 1. The van der Waals surface area contributed by atoms with Crippen LogP contribution in [-0.4, -0.2) is 31.4 Å². The van der Waals surface area contributed by atoms with Gasteiger partial charge in [0.1, 0.15) is 11.3 Å². The van der Waals surface area contributed by atoms with E-state index in [0.717, 1.165) is 41.0 Å². The third kappa shape index (κ3) is 3.77. The maximum atomic E-state index is 5.37. The molecular formula is C21H24N4O. The van der Waals surface area contributed by atoms with Crippen molar-refractivity contribution in [3.63, 3.8) is 0 Å². The second-order valence-electron chi connectivity index (χ2n) is 5.85. The zero-order valence-electron chi connectivity index (χ0n) is 15.4. The average Bonchev–Trinajstić information content (AvgIpc) is 2.70. The van der Waals surface area contributed by atoms with Gasteiger partial charge >= 0.3 is 0 Å². The number of nitrogens with zero attached hydrogens (tertiary/aromatic N) is 3. The number of nitrogens with one attached hydrogen (secondary N) is 1. The Kier molecular flexibility index (Phi) is 5.69. The zero-order valence-corrected chi connectivity index (χ0v) is 15.4. The van der Waals surface area contributed by atoms with E-state index in [4.69, 9.17) is 4.74 Å². The fraction of sp³-hybridized carbons (Fsp3) is 0.238. The Labute approximate surface area is 154 Å². The minimum atomic E-state index is 0.752. The molecule has 0 aliphatic heterocycles. The summed E-state index contributed by atoms with van der Waals surface area (Å²) in [6, 6.07) is 16.2. The van der Waals surface area contributed by atoms with E-state index >= 15 is 0 Å². The summed E-state index contributed by atoms with van der Waals surface area (Å²) >= 11 is 0. The molecule has 0 radical (unpaired) electrons. The molecule has 0 atom stereocenters. The Hall–Kier alpha value is -3.08. The average molecular weight is 348 g/mol. The van der Waals surface area contributed by atoms with Crippen LogP contribution in [0.5, 0.6) is 5.75 Å². The highest BCUT2D eigenvalue weighted by Crippen LogP contribution is 2.28. The van der Waals surface area contributed by atoms with Gasteiger partial charge in [-0.1, -0.05) is 24.3 Å². The summed E-state index contributed by atoms with van der Waals surface area (Å²) in [6.45, 7) is 6.34. The van der Waals surface area contributed by atoms with Gasteiger partial charge in [-0.25, -0.2) is 0 Å². The van der Waals surface area contributed by atoms with Crippen molar-refractivity contribution in [2.24, 2.45) is 5.10 Å². The highest BCUT2D eigenvalue weighted by Gasteiger charge is 2.05. The number of benzene rings is 2. The molecule has 3 rings (SSSR count). The van der Waals surface area contributed by atoms with Gasteiger partial charge in [0, 0.05) is 30.4 Å². The predicted octanol–water partition coefficient (Wildman–Crippen LogP) is 4.54. The topological polar surface area (TPSA) is 49.8 Å². The van der Waals surface area contributed by atoms with Gasteiger partial charge in [0.15, 0.2) is 0 Å². The van der Waals surface area contributed by atoms with Crippen LogP contribution in [-0.2, 0) is 0 Å². The van der Waals surface area contributed by atoms with E-state index in [1.165, 1.54) is 5.69 Å². The van der Waals surface area contributed by atoms with E-state index < -0.39 is 0 Å². The van der Waals surface area contributed by atoms with Crippen molar-refractivity contribution in [2.45, 2.75) is 13.8 Å². The Morgan fingerprint density at radius 1 is 1.08 bits per heavy atom. The van der Waals surface area contributed by atoms with Crippen molar-refractivity contribution >= 4 is 28.5 Å². The lowest BCUT2D eigenvalue weighted by atomic mass is 10.2. The number of anilines is 2. The summed E-state index contributed by atoms with van der Waals surface area (Å²) in [5.41, 5.74) is 7.10. The van der Waals surface area contributed by atoms with Gasteiger partial charge in [0.25, 0.3) is 0 Å². The number of ether oxygens (including phenoxy) is 1. The molecule has 0 fully saturated rings. The van der Waals surface area contributed by atoms with Crippen LogP contribution in [0.2, 0.25) is 0 Å². The lowest BCUT2D eigenvalue weighted by Gasteiger charge is -2.20. The minimum absolute atomic E-state index is 0.752. The molecule has 0 amide bonds. The van der Waals surface area contributed by atoms with Crippen LogP contribution in [0.3, 0.4) is 0 Å². The molecule has 0 spiro atoms. The quantitative estimate of drug-likeness (QED) is 0.503. The summed E-state index contributed by atoms with van der Waals surface area (Å²) in [7, 11) is 1.65. The molecule has 1 heterocycles. The normalized spacial score (nSPS) is 11.0. The van der Waals surface area contributed by atoms with Crippen molar-refractivity contribution in [3.05, 3.63) is 60.3 Å². The van der Waals surface area contributed by atoms with Crippen LogP contribution in [0.15, 0.2) is 59.8 Å². The summed E-state index contributed by atoms with van der Waals surface area (Å²) in [5.74, 6) is 0.752. The number of rotatable bonds is 7. The van der Waals surface area contributed by atoms with E-state index in [2.05, 4.69) is 58.5 Å². The first-order valence-corrected chi connectivity index (χ1v) is 8.82. The molecule has 134 valence electrons. The number of hydrogen-bond donors (Lipinski definition) is 1. The molecule has 1 N–H and O–H groups in total. The second-order valence-corrected chi connectivity index (χ2v) is 5.85. The molecule has 1 aromatic heterocycles. The molecular weight excluding hydrogens is 324 g/mol. The van der Waals surface area contributed by atoms with E-state index in [-0.39, 0.29) is 0 Å². The first-order valence-electron chi connectivity index (χ1n) is 8.82. The molecule has 26 heavy (non-hydrogen) atoms. The van der Waals surface area contributed by atoms with Crippen molar-refractivity contribution in [3.8, 4) is 5.75 Å². The van der Waals surface area contributed by atoms with Crippen LogP contribution in [0.4, 0.5) is 11.4 Å². The lowest BCUT2D eigenvalue weighted by molar-refractivity contribution is 0.419. The monoisotopic (exact) mass is 348 g/mol. The van der Waals surface area contributed by atoms with Crippen LogP contribution in [0.25, 0.3) is 10.9 Å². The summed E-state index contributed by atoms with van der Waals surface area (Å²) in [6.07, 6.45) is 3.57. The van der Waals surface area contributed by atoms with Crippen LogP contribution >= 0.6 is 0 Å². The van der Waals surface area contributed by atoms with E-state index in [9.17, 15) is 0 Å². The summed E-state index contributed by atoms with van der Waals surface area (Å²) in [5, 5.41) is 5.35. The van der Waals surface area contributed by atoms with Gasteiger partial charge in [0.05, 0.1) is 19.0 Å². The highest BCUT2D eigenvalue weighted by atomic mass is 16.5. The summed E-state index contributed by atoms with van der Waals surface area (Å²) in [4.78, 5) is 6.71. The molecule has 3 aromatic rings. The number of fused-ring (bicyclic) bond motifs is 1. The lowest BCUT2D eigenvalue weighted by Crippen LogP contribution is -2.21. The minimum Gasteiger partial charge on any atom is -0.494 e. The number of para-hydroxylation sites is 1. The Bertz CT molecular complexity index is 886. The SMILES string of the molecule is CCN(CC)c1ccc(/C=N/Nc2ccnc3c(OC)cccc23)cc1. The maximum Gasteiger partial charge on any atom is 0.145 e. The third-order valence-electron chi connectivity index (χ3n) is 4.37. The molecule has 0 aliphatic carbocycles. The maximum absolute atomic E-state index is 5.37. The molecule has 0 aliphatic rings. The fourth-order valence-electron chi connectivity index (χ4n) is 2.95. The molecule has 0 saturated carbocycles. The van der Waals surface area contributed by atoms with Gasteiger partial charge in [-0.05, 0) is 43.7 Å². The van der Waals surface area contributed by atoms with Gasteiger partial charge in [0.2, 0.25) is 0 Å². The van der Waals surface area contributed by atoms with Crippen molar-refractivity contribution in [1.82, 2.24) is 4.98 Å². The van der Waals surface area contributed by atoms with Gasteiger partial charge in [-0.2, -0.15) is 5.10 Å². The summed E-state index contributed by atoms with van der Waals surface area (Å²) < 4.78 is 5.37. The zero-order chi connectivity index (χ0) is 18.4. The van der Waals surface area contributed by atoms with Gasteiger partial charge in [-0.15, -0.1) is 0 Å². The van der Waals surface area contributed by atoms with Crippen LogP contribution in [0, 0.1) is 0 Å². The Morgan fingerprint density at radius 2 is 1.85 bits per heavy atom. The Balaban J connectivity index is 1.76. The van der Waals surface area contributed by atoms with E-state index in [1.807, 2.05) is 30.5 Å². The molecule has 0 bridgehead atoms. The molecule has 2 aromatic carbocycles. The number of hydrazone groups is 1. The number of pyridine rings is 1. The first kappa shape index (κ1) is 17.7. The number of hydrogen-bond acceptors (Lipinski definition) is 5. The second kappa shape index (κ2) is 8.34. The van der Waals surface area contributed by atoms with Gasteiger partial charge < -0.3 is 9.64 Å². The van der Waals surface area contributed by atoms with Crippen LogP contribution in [0.1, 0.15) is 19.4 Å². The smallest absolute Gasteiger partial charge is 0.145 e.